The molecular weight excluding hydrogens is 228 g/mol. The second-order valence-electron chi connectivity index (χ2n) is 3.92. The van der Waals surface area contributed by atoms with Gasteiger partial charge in [-0.3, -0.25) is 0 Å². The predicted octanol–water partition coefficient (Wildman–Crippen LogP) is 2.56. The first-order chi connectivity index (χ1) is 8.72. The molecule has 0 saturated heterocycles. The number of aliphatic hydroxyl groups is 1. The van der Waals surface area contributed by atoms with E-state index in [2.05, 4.69) is 4.74 Å². The van der Waals surface area contributed by atoms with Gasteiger partial charge in [0.05, 0.1) is 7.11 Å². The van der Waals surface area contributed by atoms with Crippen molar-refractivity contribution in [3.8, 4) is 11.1 Å². The first kappa shape index (κ1) is 12.3. The SMILES string of the molecule is COC(=O)C(O)c1cccc(-c2ccccc2)c1. The Morgan fingerprint density at radius 3 is 2.39 bits per heavy atom. The number of hydrogen-bond acceptors (Lipinski definition) is 3. The summed E-state index contributed by atoms with van der Waals surface area (Å²) in [5.41, 5.74) is 2.52. The number of rotatable bonds is 3. The molecule has 3 heteroatoms. The van der Waals surface area contributed by atoms with E-state index in [1.165, 1.54) is 7.11 Å². The Balaban J connectivity index is 2.34. The minimum Gasteiger partial charge on any atom is -0.467 e. The van der Waals surface area contributed by atoms with E-state index in [1.807, 2.05) is 42.5 Å². The van der Waals surface area contributed by atoms with Crippen molar-refractivity contribution in [3.05, 3.63) is 60.2 Å². The molecule has 0 bridgehead atoms. The number of benzene rings is 2. The van der Waals surface area contributed by atoms with Crippen LogP contribution in [0.1, 0.15) is 11.7 Å². The zero-order valence-electron chi connectivity index (χ0n) is 10.0. The van der Waals surface area contributed by atoms with Gasteiger partial charge in [0, 0.05) is 0 Å². The summed E-state index contributed by atoms with van der Waals surface area (Å²) in [6.45, 7) is 0. The van der Waals surface area contributed by atoms with Crippen LogP contribution in [0.25, 0.3) is 11.1 Å². The van der Waals surface area contributed by atoms with Crippen LogP contribution in [0.4, 0.5) is 0 Å². The smallest absolute Gasteiger partial charge is 0.339 e. The fourth-order valence-electron chi connectivity index (χ4n) is 1.77. The lowest BCUT2D eigenvalue weighted by atomic mass is 10.0. The highest BCUT2D eigenvalue weighted by atomic mass is 16.5. The molecule has 18 heavy (non-hydrogen) atoms. The molecule has 0 aromatic heterocycles. The molecule has 3 nitrogen and oxygen atoms in total. The van der Waals surface area contributed by atoms with Gasteiger partial charge in [0.1, 0.15) is 0 Å². The summed E-state index contributed by atoms with van der Waals surface area (Å²) in [6.07, 6.45) is -1.24. The number of methoxy groups -OCH3 is 1. The second kappa shape index (κ2) is 5.47. The van der Waals surface area contributed by atoms with Crippen molar-refractivity contribution in [3.63, 3.8) is 0 Å². The average Bonchev–Trinajstić information content (AvgIpc) is 2.46. The fraction of sp³-hybridized carbons (Fsp3) is 0.133. The summed E-state index contributed by atoms with van der Waals surface area (Å²) in [5, 5.41) is 9.79. The van der Waals surface area contributed by atoms with E-state index in [4.69, 9.17) is 0 Å². The van der Waals surface area contributed by atoms with Gasteiger partial charge < -0.3 is 9.84 Å². The molecule has 0 amide bonds. The van der Waals surface area contributed by atoms with E-state index in [0.717, 1.165) is 11.1 Å². The van der Waals surface area contributed by atoms with Crippen LogP contribution in [0.15, 0.2) is 54.6 Å². The maximum absolute atomic E-state index is 11.3. The number of hydrogen-bond donors (Lipinski definition) is 1. The molecule has 2 aromatic carbocycles. The largest absolute Gasteiger partial charge is 0.467 e. The van der Waals surface area contributed by atoms with E-state index in [-0.39, 0.29) is 0 Å². The Bertz CT molecular complexity index is 534. The average molecular weight is 242 g/mol. The molecule has 92 valence electrons. The summed E-state index contributed by atoms with van der Waals surface area (Å²) in [7, 11) is 1.26. The molecule has 1 unspecified atom stereocenters. The van der Waals surface area contributed by atoms with E-state index in [1.54, 1.807) is 12.1 Å². The molecule has 0 radical (unpaired) electrons. The van der Waals surface area contributed by atoms with Gasteiger partial charge in [-0.1, -0.05) is 48.5 Å². The van der Waals surface area contributed by atoms with Crippen LogP contribution in [0.3, 0.4) is 0 Å². The van der Waals surface area contributed by atoms with Crippen LogP contribution in [0.5, 0.6) is 0 Å². The first-order valence-corrected chi connectivity index (χ1v) is 5.63. The third kappa shape index (κ3) is 2.57. The van der Waals surface area contributed by atoms with Crippen LogP contribution in [-0.2, 0) is 9.53 Å². The molecule has 1 N–H and O–H groups in total. The standard InChI is InChI=1S/C15H14O3/c1-18-15(17)14(16)13-9-5-8-12(10-13)11-6-3-2-4-7-11/h2-10,14,16H,1H3. The third-order valence-corrected chi connectivity index (χ3v) is 2.73. The van der Waals surface area contributed by atoms with Gasteiger partial charge in [-0.25, -0.2) is 4.79 Å². The van der Waals surface area contributed by atoms with E-state index in [9.17, 15) is 9.90 Å². The van der Waals surface area contributed by atoms with Crippen LogP contribution < -0.4 is 0 Å². The minimum atomic E-state index is -1.24. The molecule has 0 saturated carbocycles. The second-order valence-corrected chi connectivity index (χ2v) is 3.92. The zero-order valence-corrected chi connectivity index (χ0v) is 10.0. The molecule has 1 atom stereocenters. The van der Waals surface area contributed by atoms with Gasteiger partial charge in [0.25, 0.3) is 0 Å². The number of carbonyl (C=O) groups excluding carboxylic acids is 1. The Morgan fingerprint density at radius 2 is 1.72 bits per heavy atom. The lowest BCUT2D eigenvalue weighted by Crippen LogP contribution is -2.13. The van der Waals surface area contributed by atoms with Gasteiger partial charge >= 0.3 is 5.97 Å². The molecule has 0 spiro atoms. The molecule has 2 aromatic rings. The van der Waals surface area contributed by atoms with Crippen molar-refractivity contribution in [1.82, 2.24) is 0 Å². The number of carbonyl (C=O) groups is 1. The molecule has 0 aliphatic rings. The van der Waals surface area contributed by atoms with Crippen molar-refractivity contribution < 1.29 is 14.6 Å². The van der Waals surface area contributed by atoms with Crippen LogP contribution >= 0.6 is 0 Å². The van der Waals surface area contributed by atoms with Gasteiger partial charge in [-0.15, -0.1) is 0 Å². The summed E-state index contributed by atoms with van der Waals surface area (Å²) >= 11 is 0. The summed E-state index contributed by atoms with van der Waals surface area (Å²) in [6, 6.07) is 17.0. The third-order valence-electron chi connectivity index (χ3n) is 2.73. The molecule has 0 aliphatic heterocycles. The molecule has 0 heterocycles. The van der Waals surface area contributed by atoms with Gasteiger partial charge in [0.2, 0.25) is 0 Å². The summed E-state index contributed by atoms with van der Waals surface area (Å²) < 4.78 is 4.52. The molecule has 0 fully saturated rings. The first-order valence-electron chi connectivity index (χ1n) is 5.63. The minimum absolute atomic E-state index is 0.531. The monoisotopic (exact) mass is 242 g/mol. The van der Waals surface area contributed by atoms with E-state index in [0.29, 0.717) is 5.56 Å². The van der Waals surface area contributed by atoms with Crippen molar-refractivity contribution >= 4 is 5.97 Å². The fourth-order valence-corrected chi connectivity index (χ4v) is 1.77. The Kier molecular flexibility index (Phi) is 3.75. The zero-order chi connectivity index (χ0) is 13.0. The Hall–Kier alpha value is -2.13. The summed E-state index contributed by atoms with van der Waals surface area (Å²) in [5.74, 6) is -0.653. The lowest BCUT2D eigenvalue weighted by molar-refractivity contribution is -0.150. The van der Waals surface area contributed by atoms with Gasteiger partial charge in [-0.05, 0) is 22.8 Å². The highest BCUT2D eigenvalue weighted by Gasteiger charge is 2.17. The number of aliphatic hydroxyl groups excluding tert-OH is 1. The van der Waals surface area contributed by atoms with Gasteiger partial charge in [-0.2, -0.15) is 0 Å². The quantitative estimate of drug-likeness (QED) is 0.841. The Morgan fingerprint density at radius 1 is 1.06 bits per heavy atom. The van der Waals surface area contributed by atoms with E-state index >= 15 is 0 Å². The predicted molar refractivity (Wildman–Crippen MR) is 68.9 cm³/mol. The topological polar surface area (TPSA) is 46.5 Å². The van der Waals surface area contributed by atoms with Crippen LogP contribution in [0.2, 0.25) is 0 Å². The maximum Gasteiger partial charge on any atom is 0.339 e. The molecular formula is C15H14O3. The van der Waals surface area contributed by atoms with E-state index < -0.39 is 12.1 Å². The van der Waals surface area contributed by atoms with Crippen LogP contribution in [0, 0.1) is 0 Å². The van der Waals surface area contributed by atoms with Crippen molar-refractivity contribution in [2.45, 2.75) is 6.10 Å². The highest BCUT2D eigenvalue weighted by Crippen LogP contribution is 2.23. The number of esters is 1. The lowest BCUT2D eigenvalue weighted by Gasteiger charge is -2.10. The van der Waals surface area contributed by atoms with Gasteiger partial charge in [0.15, 0.2) is 6.10 Å². The maximum atomic E-state index is 11.3. The number of ether oxygens (including phenoxy) is 1. The normalized spacial score (nSPS) is 11.9. The van der Waals surface area contributed by atoms with Crippen molar-refractivity contribution in [2.24, 2.45) is 0 Å². The van der Waals surface area contributed by atoms with Crippen molar-refractivity contribution in [2.75, 3.05) is 7.11 Å². The van der Waals surface area contributed by atoms with Crippen LogP contribution in [-0.4, -0.2) is 18.2 Å². The Labute approximate surface area is 106 Å². The molecule has 2 rings (SSSR count). The molecule has 0 aliphatic carbocycles. The summed E-state index contributed by atoms with van der Waals surface area (Å²) in [4.78, 5) is 11.3. The highest BCUT2D eigenvalue weighted by molar-refractivity contribution is 5.77. The van der Waals surface area contributed by atoms with Crippen molar-refractivity contribution in [1.29, 1.82) is 0 Å².